The Kier molecular flexibility index (Phi) is 4.30. The molecule has 148 valence electrons. The summed E-state index contributed by atoms with van der Waals surface area (Å²) in [5.41, 5.74) is 2.55. The fraction of sp³-hybridized carbons (Fsp3) is 0.500. The number of hydrogen-bond acceptors (Lipinski definition) is 3. The van der Waals surface area contributed by atoms with Gasteiger partial charge >= 0.3 is 0 Å². The first-order valence-corrected chi connectivity index (χ1v) is 10.7. The molecule has 0 spiro atoms. The van der Waals surface area contributed by atoms with Crippen molar-refractivity contribution in [2.75, 3.05) is 13.2 Å². The van der Waals surface area contributed by atoms with Gasteiger partial charge in [-0.05, 0) is 48.8 Å². The van der Waals surface area contributed by atoms with Crippen LogP contribution in [-0.4, -0.2) is 34.3 Å². The topological polar surface area (TPSA) is 48.2 Å². The summed E-state index contributed by atoms with van der Waals surface area (Å²) in [6, 6.07) is 5.22. The van der Waals surface area contributed by atoms with Crippen LogP contribution in [0.25, 0.3) is 0 Å². The average Bonchev–Trinajstić information content (AvgIpc) is 2.95. The number of carbonyl (C=O) groups excluding carboxylic acids is 1. The summed E-state index contributed by atoms with van der Waals surface area (Å²) >= 11 is 9.11. The molecule has 5 nitrogen and oxygen atoms in total. The summed E-state index contributed by atoms with van der Waals surface area (Å²) < 4.78 is 25.6. The minimum absolute atomic E-state index is 0.0127. The highest BCUT2D eigenvalue weighted by atomic mass is 79.9. The van der Waals surface area contributed by atoms with Crippen molar-refractivity contribution in [1.82, 2.24) is 14.5 Å². The number of nitrogens with one attached hydrogen (secondary N) is 1. The molecule has 1 aromatic heterocycles. The van der Waals surface area contributed by atoms with E-state index in [1.807, 2.05) is 17.7 Å². The van der Waals surface area contributed by atoms with Gasteiger partial charge in [-0.15, -0.1) is 0 Å². The molecular formula is C20H21BrFN3O2S. The lowest BCUT2D eigenvalue weighted by Gasteiger charge is -2.15. The normalized spacial score (nSPS) is 27.5. The van der Waals surface area contributed by atoms with E-state index in [9.17, 15) is 9.18 Å². The molecule has 5 rings (SSSR count). The van der Waals surface area contributed by atoms with E-state index in [4.69, 9.17) is 17.0 Å². The molecule has 2 aromatic rings. The number of rotatable bonds is 4. The third kappa shape index (κ3) is 2.72. The molecule has 1 saturated heterocycles. The maximum atomic E-state index is 14.6. The number of imidazole rings is 1. The van der Waals surface area contributed by atoms with Crippen molar-refractivity contribution >= 4 is 34.1 Å². The Labute approximate surface area is 176 Å². The van der Waals surface area contributed by atoms with E-state index >= 15 is 0 Å². The number of aromatic nitrogens is 2. The van der Waals surface area contributed by atoms with Crippen LogP contribution in [0.1, 0.15) is 35.7 Å². The zero-order chi connectivity index (χ0) is 19.6. The van der Waals surface area contributed by atoms with Crippen LogP contribution in [-0.2, 0) is 35.0 Å². The molecule has 28 heavy (non-hydrogen) atoms. The molecule has 1 saturated carbocycles. The van der Waals surface area contributed by atoms with E-state index in [1.54, 1.807) is 6.07 Å². The second-order valence-corrected chi connectivity index (χ2v) is 9.38. The predicted molar refractivity (Wildman–Crippen MR) is 108 cm³/mol. The van der Waals surface area contributed by atoms with Crippen LogP contribution in [0.2, 0.25) is 0 Å². The molecule has 3 heterocycles. The monoisotopic (exact) mass is 465 g/mol. The number of carbonyl (C=O) groups is 1. The maximum absolute atomic E-state index is 14.6. The van der Waals surface area contributed by atoms with Crippen molar-refractivity contribution in [2.24, 2.45) is 7.05 Å². The van der Waals surface area contributed by atoms with Gasteiger partial charge in [-0.3, -0.25) is 4.79 Å². The number of nitrogens with zero attached hydrogens (tertiary/aromatic N) is 2. The Morgan fingerprint density at radius 2 is 2.32 bits per heavy atom. The van der Waals surface area contributed by atoms with Gasteiger partial charge in [0.05, 0.1) is 19.1 Å². The van der Waals surface area contributed by atoms with Crippen LogP contribution in [0.3, 0.4) is 0 Å². The van der Waals surface area contributed by atoms with Crippen molar-refractivity contribution in [3.8, 4) is 0 Å². The van der Waals surface area contributed by atoms with E-state index in [-0.39, 0.29) is 35.5 Å². The number of ether oxygens (including phenoxy) is 1. The third-order valence-corrected chi connectivity index (χ3v) is 7.43. The lowest BCUT2D eigenvalue weighted by molar-refractivity contribution is -0.121. The Hall–Kier alpha value is -1.51. The molecule has 3 aliphatic rings. The van der Waals surface area contributed by atoms with Crippen molar-refractivity contribution in [2.45, 2.75) is 43.2 Å². The largest absolute Gasteiger partial charge is 0.379 e. The van der Waals surface area contributed by atoms with Gasteiger partial charge in [-0.25, -0.2) is 4.39 Å². The van der Waals surface area contributed by atoms with Gasteiger partial charge in [0.1, 0.15) is 5.82 Å². The van der Waals surface area contributed by atoms with Crippen LogP contribution in [0.15, 0.2) is 22.7 Å². The zero-order valence-electron chi connectivity index (χ0n) is 15.5. The van der Waals surface area contributed by atoms with Gasteiger partial charge < -0.3 is 19.2 Å². The standard InChI is InChI=1S/C20H21BrFN3O2S/c1-24-16(7-17(26)23-12-4-5-27-9-12)18-14-8-20(14,10-25(18)19(24)28)13-6-11(21)2-3-15(13)22/h2-3,6,12,14H,4-5,7-10H2,1H3,(H,23,26)/t12-,14?,20+/m0/s1. The van der Waals surface area contributed by atoms with Crippen LogP contribution in [0.4, 0.5) is 4.39 Å². The van der Waals surface area contributed by atoms with Gasteiger partial charge in [0.2, 0.25) is 5.91 Å². The Morgan fingerprint density at radius 1 is 1.50 bits per heavy atom. The molecule has 0 radical (unpaired) electrons. The zero-order valence-corrected chi connectivity index (χ0v) is 17.9. The summed E-state index contributed by atoms with van der Waals surface area (Å²) in [4.78, 5) is 12.6. The second kappa shape index (κ2) is 6.50. The quantitative estimate of drug-likeness (QED) is 0.704. The Balaban J connectivity index is 1.46. The summed E-state index contributed by atoms with van der Waals surface area (Å²) in [6.07, 6.45) is 2.03. The van der Waals surface area contributed by atoms with Crippen LogP contribution >= 0.6 is 28.1 Å². The molecule has 1 N–H and O–H groups in total. The highest BCUT2D eigenvalue weighted by Gasteiger charge is 2.63. The molecule has 0 bridgehead atoms. The van der Waals surface area contributed by atoms with E-state index in [2.05, 4.69) is 25.8 Å². The number of halogens is 2. The first kappa shape index (κ1) is 18.5. The lowest BCUT2D eigenvalue weighted by Crippen LogP contribution is -2.36. The highest BCUT2D eigenvalue weighted by molar-refractivity contribution is 9.10. The number of hydrogen-bond donors (Lipinski definition) is 1. The van der Waals surface area contributed by atoms with E-state index in [1.165, 1.54) is 6.07 Å². The van der Waals surface area contributed by atoms with Gasteiger partial charge in [-0.2, -0.15) is 0 Å². The molecule has 1 aromatic carbocycles. The molecule has 1 aliphatic carbocycles. The summed E-state index contributed by atoms with van der Waals surface area (Å²) in [7, 11) is 1.92. The molecule has 8 heteroatoms. The van der Waals surface area contributed by atoms with E-state index in [0.717, 1.165) is 34.3 Å². The van der Waals surface area contributed by atoms with Crippen molar-refractivity contribution in [1.29, 1.82) is 0 Å². The minimum Gasteiger partial charge on any atom is -0.379 e. The lowest BCUT2D eigenvalue weighted by atomic mass is 9.93. The molecule has 1 unspecified atom stereocenters. The first-order valence-electron chi connectivity index (χ1n) is 9.51. The van der Waals surface area contributed by atoms with Gasteiger partial charge in [0.15, 0.2) is 4.77 Å². The predicted octanol–water partition coefficient (Wildman–Crippen LogP) is 3.34. The molecular weight excluding hydrogens is 445 g/mol. The van der Waals surface area contributed by atoms with Gasteiger partial charge in [0, 0.05) is 47.4 Å². The smallest absolute Gasteiger partial charge is 0.226 e. The molecule has 3 atom stereocenters. The highest BCUT2D eigenvalue weighted by Crippen LogP contribution is 2.66. The Bertz CT molecular complexity index is 1040. The third-order valence-electron chi connectivity index (χ3n) is 6.44. The van der Waals surface area contributed by atoms with Gasteiger partial charge in [0.25, 0.3) is 0 Å². The SMILES string of the molecule is Cn1c(CC(=O)N[C@H]2CCOC2)c2n(c1=S)C[C@@]1(c3cc(Br)ccc3F)CC21. The van der Waals surface area contributed by atoms with E-state index in [0.29, 0.717) is 24.5 Å². The fourth-order valence-electron chi connectivity index (χ4n) is 4.94. The van der Waals surface area contributed by atoms with Crippen LogP contribution < -0.4 is 5.32 Å². The van der Waals surface area contributed by atoms with Crippen molar-refractivity contribution < 1.29 is 13.9 Å². The fourth-order valence-corrected chi connectivity index (χ4v) is 5.57. The van der Waals surface area contributed by atoms with Crippen molar-refractivity contribution in [3.63, 3.8) is 0 Å². The van der Waals surface area contributed by atoms with E-state index < -0.39 is 0 Å². The van der Waals surface area contributed by atoms with Gasteiger partial charge in [-0.1, -0.05) is 15.9 Å². The summed E-state index contributed by atoms with van der Waals surface area (Å²) in [6.45, 7) is 1.94. The van der Waals surface area contributed by atoms with Crippen LogP contribution in [0.5, 0.6) is 0 Å². The van der Waals surface area contributed by atoms with Crippen molar-refractivity contribution in [3.05, 3.63) is 50.2 Å². The summed E-state index contributed by atoms with van der Waals surface area (Å²) in [5.74, 6) is 0.0189. The molecule has 2 aliphatic heterocycles. The number of benzene rings is 1. The van der Waals surface area contributed by atoms with Crippen LogP contribution in [0, 0.1) is 10.6 Å². The maximum Gasteiger partial charge on any atom is 0.226 e. The first-order chi connectivity index (χ1) is 13.4. The Morgan fingerprint density at radius 3 is 3.07 bits per heavy atom. The summed E-state index contributed by atoms with van der Waals surface area (Å²) in [5, 5.41) is 3.05. The molecule has 2 fully saturated rings. The number of fused-ring (bicyclic) bond motifs is 3. The number of amides is 1. The minimum atomic E-state index is -0.241. The molecule has 1 amide bonds. The second-order valence-electron chi connectivity index (χ2n) is 8.10. The average molecular weight is 466 g/mol.